The van der Waals surface area contributed by atoms with E-state index in [1.165, 1.54) is 20.3 Å². The first kappa shape index (κ1) is 17.1. The third-order valence-electron chi connectivity index (χ3n) is 2.81. The maximum atomic E-state index is 12.2. The molecule has 112 valence electrons. The van der Waals surface area contributed by atoms with Gasteiger partial charge in [0.2, 0.25) is 0 Å². The maximum absolute atomic E-state index is 12.2. The van der Waals surface area contributed by atoms with Crippen molar-refractivity contribution in [3.8, 4) is 17.6 Å². The summed E-state index contributed by atoms with van der Waals surface area (Å²) in [7, 11) is 2.98. The molecule has 0 heterocycles. The normalized spacial score (nSPS) is 11.8. The lowest BCUT2D eigenvalue weighted by molar-refractivity contribution is -0.121. The number of nitriles is 1. The molecule has 0 N–H and O–H groups in total. The number of rotatable bonds is 4. The summed E-state index contributed by atoms with van der Waals surface area (Å²) in [6.45, 7) is 5.30. The second kappa shape index (κ2) is 6.64. The standard InChI is InChI=1S/C16H18ClNO3/c1-16(2,3)15(19)11(9-18)6-10-7-12(17)14(21-5)13(8-10)20-4/h6-8H,1-5H3/b11-6-. The van der Waals surface area contributed by atoms with Crippen LogP contribution in [0.4, 0.5) is 0 Å². The van der Waals surface area contributed by atoms with E-state index in [4.69, 9.17) is 21.1 Å². The van der Waals surface area contributed by atoms with Crippen molar-refractivity contribution in [3.63, 3.8) is 0 Å². The Hall–Kier alpha value is -1.99. The molecule has 1 aromatic rings. The van der Waals surface area contributed by atoms with Gasteiger partial charge in [0, 0.05) is 5.41 Å². The molecular formula is C16H18ClNO3. The Morgan fingerprint density at radius 2 is 1.90 bits per heavy atom. The van der Waals surface area contributed by atoms with E-state index in [-0.39, 0.29) is 11.4 Å². The first-order valence-electron chi connectivity index (χ1n) is 6.32. The fourth-order valence-corrected chi connectivity index (χ4v) is 2.04. The van der Waals surface area contributed by atoms with Crippen molar-refractivity contribution in [3.05, 3.63) is 28.3 Å². The van der Waals surface area contributed by atoms with Gasteiger partial charge in [0.1, 0.15) is 6.07 Å². The minimum Gasteiger partial charge on any atom is -0.493 e. The number of benzene rings is 1. The van der Waals surface area contributed by atoms with Crippen molar-refractivity contribution in [1.29, 1.82) is 5.26 Å². The molecule has 0 spiro atoms. The molecule has 0 aliphatic heterocycles. The van der Waals surface area contributed by atoms with Crippen molar-refractivity contribution in [1.82, 2.24) is 0 Å². The second-order valence-corrected chi connectivity index (χ2v) is 5.89. The van der Waals surface area contributed by atoms with E-state index in [9.17, 15) is 10.1 Å². The van der Waals surface area contributed by atoms with Crippen LogP contribution < -0.4 is 9.47 Å². The summed E-state index contributed by atoms with van der Waals surface area (Å²) in [5.74, 6) is 0.629. The lowest BCUT2D eigenvalue weighted by Gasteiger charge is -2.15. The second-order valence-electron chi connectivity index (χ2n) is 5.49. The number of ether oxygens (including phenoxy) is 2. The Morgan fingerprint density at radius 3 is 2.33 bits per heavy atom. The van der Waals surface area contributed by atoms with E-state index in [1.54, 1.807) is 32.9 Å². The van der Waals surface area contributed by atoms with Crippen molar-refractivity contribution in [2.24, 2.45) is 5.41 Å². The van der Waals surface area contributed by atoms with Crippen molar-refractivity contribution < 1.29 is 14.3 Å². The van der Waals surface area contributed by atoms with E-state index in [2.05, 4.69) is 0 Å². The van der Waals surface area contributed by atoms with Crippen LogP contribution in [-0.2, 0) is 4.79 Å². The van der Waals surface area contributed by atoms with Crippen molar-refractivity contribution in [2.75, 3.05) is 14.2 Å². The molecule has 0 radical (unpaired) electrons. The van der Waals surface area contributed by atoms with Gasteiger partial charge in [-0.15, -0.1) is 0 Å². The van der Waals surface area contributed by atoms with E-state index in [1.807, 2.05) is 6.07 Å². The first-order chi connectivity index (χ1) is 9.74. The molecule has 0 amide bonds. The quantitative estimate of drug-likeness (QED) is 0.625. The van der Waals surface area contributed by atoms with Gasteiger partial charge in [-0.05, 0) is 23.8 Å². The summed E-state index contributed by atoms with van der Waals surface area (Å²) >= 11 is 6.11. The molecule has 0 unspecified atom stereocenters. The van der Waals surface area contributed by atoms with Gasteiger partial charge < -0.3 is 9.47 Å². The van der Waals surface area contributed by atoms with Gasteiger partial charge in [-0.25, -0.2) is 0 Å². The molecule has 0 saturated heterocycles. The van der Waals surface area contributed by atoms with Gasteiger partial charge in [-0.1, -0.05) is 32.4 Å². The molecule has 0 fully saturated rings. The van der Waals surface area contributed by atoms with E-state index in [0.717, 1.165) is 0 Å². The summed E-state index contributed by atoms with van der Waals surface area (Å²) in [6.07, 6.45) is 1.50. The number of carbonyl (C=O) groups excluding carboxylic acids is 1. The largest absolute Gasteiger partial charge is 0.493 e. The lowest BCUT2D eigenvalue weighted by atomic mass is 9.86. The maximum Gasteiger partial charge on any atom is 0.179 e. The lowest BCUT2D eigenvalue weighted by Crippen LogP contribution is -2.21. The average molecular weight is 308 g/mol. The number of ketones is 1. The fourth-order valence-electron chi connectivity index (χ4n) is 1.74. The molecular weight excluding hydrogens is 290 g/mol. The molecule has 4 nitrogen and oxygen atoms in total. The molecule has 0 atom stereocenters. The third kappa shape index (κ3) is 3.99. The Labute approximate surface area is 129 Å². The minimum absolute atomic E-state index is 0.0748. The van der Waals surface area contributed by atoms with Crippen LogP contribution in [0.5, 0.6) is 11.5 Å². The smallest absolute Gasteiger partial charge is 0.179 e. The third-order valence-corrected chi connectivity index (χ3v) is 3.09. The van der Waals surface area contributed by atoms with Crippen LogP contribution in [-0.4, -0.2) is 20.0 Å². The van der Waals surface area contributed by atoms with Crippen LogP contribution in [0.2, 0.25) is 5.02 Å². The van der Waals surface area contributed by atoms with Gasteiger partial charge >= 0.3 is 0 Å². The molecule has 1 aromatic carbocycles. The molecule has 1 rings (SSSR count). The number of carbonyl (C=O) groups is 1. The summed E-state index contributed by atoms with van der Waals surface area (Å²) < 4.78 is 10.3. The zero-order valence-electron chi connectivity index (χ0n) is 12.8. The molecule has 21 heavy (non-hydrogen) atoms. The first-order valence-corrected chi connectivity index (χ1v) is 6.70. The zero-order valence-corrected chi connectivity index (χ0v) is 13.5. The predicted octanol–water partition coefficient (Wildman–Crippen LogP) is 3.88. The number of methoxy groups -OCH3 is 2. The Balaban J connectivity index is 3.35. The molecule has 5 heteroatoms. The molecule has 0 aliphatic carbocycles. The molecule has 0 aliphatic rings. The van der Waals surface area contributed by atoms with Crippen LogP contribution in [0.15, 0.2) is 17.7 Å². The summed E-state index contributed by atoms with van der Waals surface area (Å²) in [5.41, 5.74) is 0.0552. The van der Waals surface area contributed by atoms with E-state index in [0.29, 0.717) is 22.1 Å². The van der Waals surface area contributed by atoms with Crippen LogP contribution in [0.3, 0.4) is 0 Å². The predicted molar refractivity (Wildman–Crippen MR) is 82.6 cm³/mol. The van der Waals surface area contributed by atoms with Crippen LogP contribution in [0, 0.1) is 16.7 Å². The van der Waals surface area contributed by atoms with Gasteiger partial charge in [-0.2, -0.15) is 5.26 Å². The van der Waals surface area contributed by atoms with Crippen molar-refractivity contribution in [2.45, 2.75) is 20.8 Å². The fraction of sp³-hybridized carbons (Fsp3) is 0.375. The Kier molecular flexibility index (Phi) is 5.40. The topological polar surface area (TPSA) is 59.3 Å². The number of hydrogen-bond donors (Lipinski definition) is 0. The molecule has 0 saturated carbocycles. The Morgan fingerprint density at radius 1 is 1.29 bits per heavy atom. The SMILES string of the molecule is COc1cc(/C=C(/C#N)C(=O)C(C)(C)C)cc(Cl)c1OC. The number of allylic oxidation sites excluding steroid dienone is 1. The number of hydrogen-bond acceptors (Lipinski definition) is 4. The van der Waals surface area contributed by atoms with E-state index >= 15 is 0 Å². The zero-order chi connectivity index (χ0) is 16.2. The highest BCUT2D eigenvalue weighted by Gasteiger charge is 2.25. The molecule has 0 aromatic heterocycles. The summed E-state index contributed by atoms with van der Waals surface area (Å²) in [5, 5.41) is 9.54. The van der Waals surface area contributed by atoms with Gasteiger partial charge in [0.05, 0.1) is 24.8 Å². The van der Waals surface area contributed by atoms with Crippen molar-refractivity contribution >= 4 is 23.5 Å². The monoisotopic (exact) mass is 307 g/mol. The van der Waals surface area contributed by atoms with Gasteiger partial charge in [-0.3, -0.25) is 4.79 Å². The van der Waals surface area contributed by atoms with Crippen LogP contribution in [0.1, 0.15) is 26.3 Å². The summed E-state index contributed by atoms with van der Waals surface area (Å²) in [6, 6.07) is 5.22. The highest BCUT2D eigenvalue weighted by molar-refractivity contribution is 6.32. The van der Waals surface area contributed by atoms with Gasteiger partial charge in [0.25, 0.3) is 0 Å². The minimum atomic E-state index is -0.623. The highest BCUT2D eigenvalue weighted by atomic mass is 35.5. The molecule has 0 bridgehead atoms. The number of Topliss-reactive ketones (excluding diaryl/α,β-unsaturated/α-hetero) is 1. The number of nitrogens with zero attached hydrogens (tertiary/aromatic N) is 1. The van der Waals surface area contributed by atoms with Gasteiger partial charge in [0.15, 0.2) is 17.3 Å². The summed E-state index contributed by atoms with van der Waals surface area (Å²) in [4.78, 5) is 12.2. The Bertz CT molecular complexity index is 622. The number of halogens is 1. The van der Waals surface area contributed by atoms with Crippen LogP contribution in [0.25, 0.3) is 6.08 Å². The van der Waals surface area contributed by atoms with Crippen LogP contribution >= 0.6 is 11.6 Å². The average Bonchev–Trinajstić information content (AvgIpc) is 2.42. The van der Waals surface area contributed by atoms with E-state index < -0.39 is 5.41 Å². The highest BCUT2D eigenvalue weighted by Crippen LogP contribution is 2.36.